The average Bonchev–Trinajstić information content (AvgIpc) is 3.08. The van der Waals surface area contributed by atoms with Gasteiger partial charge in [0.05, 0.1) is 12.2 Å². The molecule has 1 aliphatic carbocycles. The molecule has 0 radical (unpaired) electrons. The summed E-state index contributed by atoms with van der Waals surface area (Å²) < 4.78 is 2.15. The number of hydrogen-bond donors (Lipinski definition) is 1. The summed E-state index contributed by atoms with van der Waals surface area (Å²) in [6.07, 6.45) is 3.83. The Morgan fingerprint density at radius 1 is 1.33 bits per heavy atom. The van der Waals surface area contributed by atoms with E-state index < -0.39 is 0 Å². The Hall–Kier alpha value is -0.870. The summed E-state index contributed by atoms with van der Waals surface area (Å²) in [6, 6.07) is 0.800. The standard InChI is InChI=1S/C14H26N4/c1-11-14(7-8-15-13-5-6-13)12(2)18(16-11)10-9-17(3)4/h13,15H,5-10H2,1-4H3. The fourth-order valence-electron chi connectivity index (χ4n) is 2.30. The molecular weight excluding hydrogens is 224 g/mol. The Kier molecular flexibility index (Phi) is 4.40. The topological polar surface area (TPSA) is 33.1 Å². The lowest BCUT2D eigenvalue weighted by Gasteiger charge is -2.10. The van der Waals surface area contributed by atoms with Gasteiger partial charge in [0, 0.05) is 18.3 Å². The van der Waals surface area contributed by atoms with E-state index in [2.05, 4.69) is 47.9 Å². The van der Waals surface area contributed by atoms with Gasteiger partial charge in [0.15, 0.2) is 0 Å². The highest BCUT2D eigenvalue weighted by Crippen LogP contribution is 2.19. The van der Waals surface area contributed by atoms with Crippen LogP contribution >= 0.6 is 0 Å². The molecule has 0 atom stereocenters. The Balaban J connectivity index is 1.91. The van der Waals surface area contributed by atoms with E-state index in [-0.39, 0.29) is 0 Å². The second-order valence-electron chi connectivity index (χ2n) is 5.65. The van der Waals surface area contributed by atoms with Crippen LogP contribution in [-0.4, -0.2) is 47.9 Å². The molecule has 18 heavy (non-hydrogen) atoms. The van der Waals surface area contributed by atoms with Gasteiger partial charge in [-0.15, -0.1) is 0 Å². The summed E-state index contributed by atoms with van der Waals surface area (Å²) >= 11 is 0. The fraction of sp³-hybridized carbons (Fsp3) is 0.786. The van der Waals surface area contributed by atoms with Crippen molar-refractivity contribution in [1.29, 1.82) is 0 Å². The molecule has 2 rings (SSSR count). The van der Waals surface area contributed by atoms with Crippen LogP contribution in [0.5, 0.6) is 0 Å². The Labute approximate surface area is 110 Å². The highest BCUT2D eigenvalue weighted by atomic mass is 15.3. The molecule has 0 saturated heterocycles. The highest BCUT2D eigenvalue weighted by Gasteiger charge is 2.20. The number of hydrogen-bond acceptors (Lipinski definition) is 3. The maximum Gasteiger partial charge on any atom is 0.0628 e. The van der Waals surface area contributed by atoms with Crippen molar-refractivity contribution in [2.75, 3.05) is 27.2 Å². The van der Waals surface area contributed by atoms with Crippen LogP contribution in [-0.2, 0) is 13.0 Å². The van der Waals surface area contributed by atoms with E-state index in [4.69, 9.17) is 0 Å². The minimum atomic E-state index is 0.800. The van der Waals surface area contributed by atoms with E-state index in [0.29, 0.717) is 0 Å². The van der Waals surface area contributed by atoms with E-state index in [0.717, 1.165) is 32.1 Å². The number of aromatic nitrogens is 2. The molecule has 1 N–H and O–H groups in total. The first kappa shape index (κ1) is 13.6. The van der Waals surface area contributed by atoms with Gasteiger partial charge in [-0.25, -0.2) is 0 Å². The maximum absolute atomic E-state index is 4.66. The highest BCUT2D eigenvalue weighted by molar-refractivity contribution is 5.24. The molecule has 1 aromatic rings. The van der Waals surface area contributed by atoms with Gasteiger partial charge in [-0.05, 0) is 59.3 Å². The first-order valence-corrected chi connectivity index (χ1v) is 6.99. The minimum Gasteiger partial charge on any atom is -0.314 e. The third kappa shape index (κ3) is 3.56. The van der Waals surface area contributed by atoms with Crippen LogP contribution in [0, 0.1) is 13.8 Å². The molecule has 1 aliphatic rings. The predicted molar refractivity (Wildman–Crippen MR) is 75.0 cm³/mol. The smallest absolute Gasteiger partial charge is 0.0628 e. The van der Waals surface area contributed by atoms with Crippen molar-refractivity contribution in [3.8, 4) is 0 Å². The Morgan fingerprint density at radius 2 is 2.06 bits per heavy atom. The third-order valence-electron chi connectivity index (χ3n) is 3.68. The fourth-order valence-corrected chi connectivity index (χ4v) is 2.30. The first-order chi connectivity index (χ1) is 8.58. The van der Waals surface area contributed by atoms with Gasteiger partial charge in [0.2, 0.25) is 0 Å². The molecule has 102 valence electrons. The zero-order valence-corrected chi connectivity index (χ0v) is 12.2. The van der Waals surface area contributed by atoms with E-state index in [1.807, 2.05) is 0 Å². The summed E-state index contributed by atoms with van der Waals surface area (Å²) in [7, 11) is 4.21. The summed E-state index contributed by atoms with van der Waals surface area (Å²) in [6.45, 7) is 7.44. The van der Waals surface area contributed by atoms with E-state index in [9.17, 15) is 0 Å². The summed E-state index contributed by atoms with van der Waals surface area (Å²) in [5.41, 5.74) is 3.97. The van der Waals surface area contributed by atoms with Crippen molar-refractivity contribution >= 4 is 0 Å². The number of rotatable bonds is 7. The first-order valence-electron chi connectivity index (χ1n) is 6.99. The van der Waals surface area contributed by atoms with Gasteiger partial charge in [-0.2, -0.15) is 5.10 Å². The van der Waals surface area contributed by atoms with Crippen molar-refractivity contribution in [3.63, 3.8) is 0 Å². The van der Waals surface area contributed by atoms with Gasteiger partial charge in [0.25, 0.3) is 0 Å². The van der Waals surface area contributed by atoms with Crippen LogP contribution in [0.4, 0.5) is 0 Å². The molecule has 4 nitrogen and oxygen atoms in total. The van der Waals surface area contributed by atoms with Crippen LogP contribution in [0.1, 0.15) is 29.8 Å². The second-order valence-corrected chi connectivity index (χ2v) is 5.65. The zero-order chi connectivity index (χ0) is 13.1. The molecule has 0 amide bonds. The third-order valence-corrected chi connectivity index (χ3v) is 3.68. The average molecular weight is 250 g/mol. The van der Waals surface area contributed by atoms with Crippen LogP contribution in [0.2, 0.25) is 0 Å². The van der Waals surface area contributed by atoms with Crippen molar-refractivity contribution in [1.82, 2.24) is 20.0 Å². The van der Waals surface area contributed by atoms with Gasteiger partial charge in [-0.1, -0.05) is 0 Å². The lowest BCUT2D eigenvalue weighted by molar-refractivity contribution is 0.370. The largest absolute Gasteiger partial charge is 0.314 e. The van der Waals surface area contributed by atoms with Crippen LogP contribution in [0.15, 0.2) is 0 Å². The van der Waals surface area contributed by atoms with Crippen LogP contribution in [0.25, 0.3) is 0 Å². The normalized spacial score (nSPS) is 15.6. The summed E-state index contributed by atoms with van der Waals surface area (Å²) in [5, 5.41) is 8.23. The van der Waals surface area contributed by atoms with Crippen molar-refractivity contribution in [2.45, 2.75) is 45.7 Å². The molecule has 0 bridgehead atoms. The van der Waals surface area contributed by atoms with Crippen molar-refractivity contribution < 1.29 is 0 Å². The van der Waals surface area contributed by atoms with Gasteiger partial charge in [0.1, 0.15) is 0 Å². The number of nitrogens with zero attached hydrogens (tertiary/aromatic N) is 3. The number of nitrogens with one attached hydrogen (secondary N) is 1. The summed E-state index contributed by atoms with van der Waals surface area (Å²) in [5.74, 6) is 0. The SMILES string of the molecule is Cc1nn(CCN(C)C)c(C)c1CCNC1CC1. The monoisotopic (exact) mass is 250 g/mol. The van der Waals surface area contributed by atoms with Gasteiger partial charge < -0.3 is 10.2 Å². The minimum absolute atomic E-state index is 0.800. The molecule has 0 unspecified atom stereocenters. The molecular formula is C14H26N4. The Bertz CT molecular complexity index is 391. The van der Waals surface area contributed by atoms with Crippen LogP contribution in [0.3, 0.4) is 0 Å². The molecule has 1 saturated carbocycles. The zero-order valence-electron chi connectivity index (χ0n) is 12.2. The number of likely N-dealkylation sites (N-methyl/N-ethyl adjacent to an activating group) is 1. The molecule has 0 aromatic carbocycles. The van der Waals surface area contributed by atoms with Crippen LogP contribution < -0.4 is 5.32 Å². The quantitative estimate of drug-likeness (QED) is 0.793. The maximum atomic E-state index is 4.66. The van der Waals surface area contributed by atoms with Gasteiger partial charge in [-0.3, -0.25) is 4.68 Å². The Morgan fingerprint density at radius 3 is 2.67 bits per heavy atom. The lowest BCUT2D eigenvalue weighted by Crippen LogP contribution is -2.20. The molecule has 1 fully saturated rings. The second kappa shape index (κ2) is 5.85. The van der Waals surface area contributed by atoms with Crippen molar-refractivity contribution in [3.05, 3.63) is 17.0 Å². The summed E-state index contributed by atoms with van der Waals surface area (Å²) in [4.78, 5) is 2.20. The van der Waals surface area contributed by atoms with Crippen molar-refractivity contribution in [2.24, 2.45) is 0 Å². The molecule has 0 aliphatic heterocycles. The molecule has 4 heteroatoms. The lowest BCUT2D eigenvalue weighted by atomic mass is 10.1. The molecule has 0 spiro atoms. The molecule has 1 aromatic heterocycles. The number of aryl methyl sites for hydroxylation is 1. The van der Waals surface area contributed by atoms with Gasteiger partial charge >= 0.3 is 0 Å². The van der Waals surface area contributed by atoms with E-state index in [1.165, 1.54) is 29.8 Å². The molecule has 1 heterocycles. The van der Waals surface area contributed by atoms with E-state index >= 15 is 0 Å². The predicted octanol–water partition coefficient (Wildman–Crippen LogP) is 1.36. The van der Waals surface area contributed by atoms with E-state index in [1.54, 1.807) is 0 Å².